The first-order chi connectivity index (χ1) is 8.02. The molecule has 6 nitrogen and oxygen atoms in total. The van der Waals surface area contributed by atoms with Crippen molar-refractivity contribution in [2.24, 2.45) is 0 Å². The monoisotopic (exact) mass is 246 g/mol. The third-order valence-corrected chi connectivity index (χ3v) is 2.41. The van der Waals surface area contributed by atoms with Gasteiger partial charge in [-0.25, -0.2) is 4.79 Å². The Morgan fingerprint density at radius 1 is 1.47 bits per heavy atom. The van der Waals surface area contributed by atoms with Crippen LogP contribution in [0.25, 0.3) is 0 Å². The number of carbonyl (C=O) groups excluding carboxylic acids is 1. The molecule has 0 radical (unpaired) electrons. The number of nitrogens with zero attached hydrogens (tertiary/aromatic N) is 1. The molecular weight excluding hydrogens is 224 g/mol. The van der Waals surface area contributed by atoms with E-state index in [0.717, 1.165) is 6.42 Å². The van der Waals surface area contributed by atoms with Crippen molar-refractivity contribution >= 4 is 12.0 Å². The lowest BCUT2D eigenvalue weighted by Gasteiger charge is -2.27. The zero-order chi connectivity index (χ0) is 13.3. The highest BCUT2D eigenvalue weighted by atomic mass is 16.5. The first-order valence-electron chi connectivity index (χ1n) is 5.78. The summed E-state index contributed by atoms with van der Waals surface area (Å²) in [6.45, 7) is 5.17. The molecule has 0 rings (SSSR count). The van der Waals surface area contributed by atoms with E-state index in [4.69, 9.17) is 9.84 Å². The number of carboxylic acid groups (broad SMARTS) is 1. The van der Waals surface area contributed by atoms with E-state index in [0.29, 0.717) is 19.7 Å². The third-order valence-electron chi connectivity index (χ3n) is 2.41. The van der Waals surface area contributed by atoms with Crippen molar-refractivity contribution in [3.8, 4) is 0 Å². The second-order valence-electron chi connectivity index (χ2n) is 3.81. The van der Waals surface area contributed by atoms with Crippen molar-refractivity contribution < 1.29 is 19.4 Å². The molecule has 2 amide bonds. The first-order valence-corrected chi connectivity index (χ1v) is 5.78. The van der Waals surface area contributed by atoms with Crippen molar-refractivity contribution in [1.29, 1.82) is 0 Å². The highest BCUT2D eigenvalue weighted by molar-refractivity contribution is 5.75. The molecule has 2 N–H and O–H groups in total. The Labute approximate surface area is 102 Å². The highest BCUT2D eigenvalue weighted by Crippen LogP contribution is 2.04. The van der Waals surface area contributed by atoms with Gasteiger partial charge in [0.1, 0.15) is 0 Å². The van der Waals surface area contributed by atoms with Gasteiger partial charge in [0, 0.05) is 32.8 Å². The van der Waals surface area contributed by atoms with Crippen LogP contribution in [-0.2, 0) is 9.53 Å². The summed E-state index contributed by atoms with van der Waals surface area (Å²) in [6.07, 6.45) is 0.701. The van der Waals surface area contributed by atoms with Crippen LogP contribution in [0.5, 0.6) is 0 Å². The van der Waals surface area contributed by atoms with E-state index < -0.39 is 5.97 Å². The normalized spacial score (nSPS) is 11.9. The number of hydrogen-bond donors (Lipinski definition) is 2. The Bertz CT molecular complexity index is 246. The zero-order valence-electron chi connectivity index (χ0n) is 10.7. The zero-order valence-corrected chi connectivity index (χ0v) is 10.7. The minimum Gasteiger partial charge on any atom is -0.481 e. The lowest BCUT2D eigenvalue weighted by atomic mass is 10.2. The maximum Gasteiger partial charge on any atom is 0.317 e. The molecule has 0 aliphatic rings. The molecule has 0 saturated carbocycles. The SMILES string of the molecule is CCN(C(=O)NCCCOC)C(C)CC(=O)O. The molecule has 0 spiro atoms. The largest absolute Gasteiger partial charge is 0.481 e. The van der Waals surface area contributed by atoms with E-state index in [1.165, 1.54) is 4.90 Å². The number of nitrogens with one attached hydrogen (secondary N) is 1. The molecule has 6 heteroatoms. The fourth-order valence-corrected chi connectivity index (χ4v) is 1.53. The quantitative estimate of drug-likeness (QED) is 0.624. The molecule has 0 aromatic heterocycles. The van der Waals surface area contributed by atoms with Gasteiger partial charge in [0.2, 0.25) is 0 Å². The van der Waals surface area contributed by atoms with Crippen LogP contribution in [0, 0.1) is 0 Å². The summed E-state index contributed by atoms with van der Waals surface area (Å²) in [5.74, 6) is -0.900. The number of aliphatic carboxylic acids is 1. The Balaban J connectivity index is 4.06. The van der Waals surface area contributed by atoms with Crippen LogP contribution in [0.4, 0.5) is 4.79 Å². The Morgan fingerprint density at radius 3 is 2.59 bits per heavy atom. The van der Waals surface area contributed by atoms with Gasteiger partial charge in [0.15, 0.2) is 0 Å². The topological polar surface area (TPSA) is 78.9 Å². The maximum atomic E-state index is 11.7. The van der Waals surface area contributed by atoms with Crippen LogP contribution < -0.4 is 5.32 Å². The van der Waals surface area contributed by atoms with Crippen molar-refractivity contribution in [3.05, 3.63) is 0 Å². The van der Waals surface area contributed by atoms with Gasteiger partial charge in [-0.15, -0.1) is 0 Å². The Hall–Kier alpha value is -1.30. The van der Waals surface area contributed by atoms with Crippen molar-refractivity contribution in [2.75, 3.05) is 26.8 Å². The predicted molar refractivity (Wildman–Crippen MR) is 64.0 cm³/mol. The highest BCUT2D eigenvalue weighted by Gasteiger charge is 2.19. The van der Waals surface area contributed by atoms with Crippen molar-refractivity contribution in [3.63, 3.8) is 0 Å². The Kier molecular flexibility index (Phi) is 8.13. The van der Waals surface area contributed by atoms with Gasteiger partial charge in [0.25, 0.3) is 0 Å². The van der Waals surface area contributed by atoms with Crippen molar-refractivity contribution in [1.82, 2.24) is 10.2 Å². The van der Waals surface area contributed by atoms with E-state index in [2.05, 4.69) is 5.32 Å². The smallest absolute Gasteiger partial charge is 0.317 e. The molecule has 0 aromatic carbocycles. The molecule has 0 aliphatic heterocycles. The number of carboxylic acids is 1. The minimum atomic E-state index is -0.900. The van der Waals surface area contributed by atoms with E-state index in [9.17, 15) is 9.59 Å². The van der Waals surface area contributed by atoms with E-state index >= 15 is 0 Å². The molecule has 0 heterocycles. The fourth-order valence-electron chi connectivity index (χ4n) is 1.53. The first kappa shape index (κ1) is 15.7. The molecule has 100 valence electrons. The van der Waals surface area contributed by atoms with Crippen molar-refractivity contribution in [2.45, 2.75) is 32.7 Å². The predicted octanol–water partition coefficient (Wildman–Crippen LogP) is 0.918. The van der Waals surface area contributed by atoms with Crippen LogP contribution in [0.3, 0.4) is 0 Å². The summed E-state index contributed by atoms with van der Waals surface area (Å²) in [7, 11) is 1.61. The van der Waals surface area contributed by atoms with Crippen LogP contribution in [-0.4, -0.2) is 54.9 Å². The number of rotatable bonds is 8. The lowest BCUT2D eigenvalue weighted by molar-refractivity contribution is -0.138. The average molecular weight is 246 g/mol. The number of carbonyl (C=O) groups is 2. The number of urea groups is 1. The van der Waals surface area contributed by atoms with Gasteiger partial charge < -0.3 is 20.1 Å². The van der Waals surface area contributed by atoms with Gasteiger partial charge in [-0.05, 0) is 20.3 Å². The number of methoxy groups -OCH3 is 1. The minimum absolute atomic E-state index is 0.0423. The number of amides is 2. The standard InChI is InChI=1S/C11H22N2O4/c1-4-13(9(2)8-10(14)15)11(16)12-6-5-7-17-3/h9H,4-8H2,1-3H3,(H,12,16)(H,14,15). The van der Waals surface area contributed by atoms with Gasteiger partial charge >= 0.3 is 12.0 Å². The molecule has 1 atom stereocenters. The Morgan fingerprint density at radius 2 is 2.12 bits per heavy atom. The molecule has 17 heavy (non-hydrogen) atoms. The van der Waals surface area contributed by atoms with Crippen LogP contribution >= 0.6 is 0 Å². The summed E-state index contributed by atoms with van der Waals surface area (Å²) < 4.78 is 4.87. The number of hydrogen-bond acceptors (Lipinski definition) is 3. The van der Waals surface area contributed by atoms with Gasteiger partial charge in [0.05, 0.1) is 6.42 Å². The second-order valence-corrected chi connectivity index (χ2v) is 3.81. The lowest BCUT2D eigenvalue weighted by Crippen LogP contribution is -2.46. The molecule has 0 fully saturated rings. The summed E-state index contributed by atoms with van der Waals surface area (Å²) in [5.41, 5.74) is 0. The van der Waals surface area contributed by atoms with Crippen LogP contribution in [0.15, 0.2) is 0 Å². The summed E-state index contributed by atoms with van der Waals surface area (Å²) >= 11 is 0. The maximum absolute atomic E-state index is 11.7. The molecule has 0 bridgehead atoms. The molecule has 0 aromatic rings. The third kappa shape index (κ3) is 6.78. The molecular formula is C11H22N2O4. The van der Waals surface area contributed by atoms with Gasteiger partial charge in [-0.3, -0.25) is 4.79 Å². The van der Waals surface area contributed by atoms with E-state index in [1.807, 2.05) is 6.92 Å². The summed E-state index contributed by atoms with van der Waals surface area (Å²) in [5, 5.41) is 11.4. The fraction of sp³-hybridized carbons (Fsp3) is 0.818. The average Bonchev–Trinajstić information content (AvgIpc) is 2.24. The van der Waals surface area contributed by atoms with Crippen LogP contribution in [0.2, 0.25) is 0 Å². The number of ether oxygens (including phenoxy) is 1. The molecule has 0 saturated heterocycles. The van der Waals surface area contributed by atoms with Gasteiger partial charge in [-0.2, -0.15) is 0 Å². The molecule has 1 unspecified atom stereocenters. The van der Waals surface area contributed by atoms with E-state index in [-0.39, 0.29) is 18.5 Å². The molecule has 0 aliphatic carbocycles. The van der Waals surface area contributed by atoms with Gasteiger partial charge in [-0.1, -0.05) is 0 Å². The summed E-state index contributed by atoms with van der Waals surface area (Å²) in [6, 6.07) is -0.530. The van der Waals surface area contributed by atoms with Crippen LogP contribution in [0.1, 0.15) is 26.7 Å². The second kappa shape index (κ2) is 8.81. The summed E-state index contributed by atoms with van der Waals surface area (Å²) in [4.78, 5) is 23.8. The van der Waals surface area contributed by atoms with E-state index in [1.54, 1.807) is 14.0 Å².